The Bertz CT molecular complexity index is 866. The summed E-state index contributed by atoms with van der Waals surface area (Å²) in [4.78, 5) is 13.7. The molecule has 156 valence electrons. The molecule has 9 heteroatoms. The van der Waals surface area contributed by atoms with Gasteiger partial charge in [-0.1, -0.05) is 12.1 Å². The molecule has 1 aliphatic heterocycles. The molecule has 3 rings (SSSR count). The third-order valence-corrected chi connectivity index (χ3v) is 5.02. The molecule has 0 bridgehead atoms. The normalized spacial score (nSPS) is 15.4. The maximum absolute atomic E-state index is 12.9. The summed E-state index contributed by atoms with van der Waals surface area (Å²) in [6, 6.07) is 10.6. The van der Waals surface area contributed by atoms with Crippen molar-refractivity contribution in [3.8, 4) is 5.75 Å². The maximum atomic E-state index is 12.9. The number of alkyl halides is 3. The summed E-state index contributed by atoms with van der Waals surface area (Å²) in [7, 11) is 0. The molecular formula is C20H23F3N3O3+. The lowest BCUT2D eigenvalue weighted by Crippen LogP contribution is -3.13. The molecule has 1 N–H and O–H groups in total. The van der Waals surface area contributed by atoms with Gasteiger partial charge in [0.05, 0.1) is 43.3 Å². The van der Waals surface area contributed by atoms with Crippen LogP contribution in [0.1, 0.15) is 18.1 Å². The van der Waals surface area contributed by atoms with Gasteiger partial charge in [0.1, 0.15) is 18.0 Å². The van der Waals surface area contributed by atoms with E-state index in [1.165, 1.54) is 11.0 Å². The first-order chi connectivity index (χ1) is 13.8. The number of para-hydroxylation sites is 1. The molecule has 0 radical (unpaired) electrons. The highest BCUT2D eigenvalue weighted by atomic mass is 19.4. The van der Waals surface area contributed by atoms with Crippen LogP contribution in [-0.4, -0.2) is 37.7 Å². The smallest absolute Gasteiger partial charge is 0.416 e. The van der Waals surface area contributed by atoms with Crippen molar-refractivity contribution in [2.24, 2.45) is 0 Å². The number of hydrogen-bond acceptors (Lipinski definition) is 4. The SMILES string of the molecule is CCOc1ccccc1C[NH+]1CCN(c2ccc(C(F)(F)F)cc2[N+](=O)[O-])CC1. The lowest BCUT2D eigenvalue weighted by Gasteiger charge is -2.33. The van der Waals surface area contributed by atoms with E-state index in [4.69, 9.17) is 4.74 Å². The molecule has 0 unspecified atom stereocenters. The van der Waals surface area contributed by atoms with Gasteiger partial charge in [-0.15, -0.1) is 0 Å². The second-order valence-corrected chi connectivity index (χ2v) is 6.91. The van der Waals surface area contributed by atoms with Crippen molar-refractivity contribution in [2.45, 2.75) is 19.6 Å². The number of nitro benzene ring substituents is 1. The van der Waals surface area contributed by atoms with Crippen LogP contribution in [0.4, 0.5) is 24.5 Å². The molecule has 0 amide bonds. The molecule has 0 spiro atoms. The van der Waals surface area contributed by atoms with E-state index in [2.05, 4.69) is 0 Å². The molecule has 1 fully saturated rings. The lowest BCUT2D eigenvalue weighted by atomic mass is 10.1. The fourth-order valence-electron chi connectivity index (χ4n) is 3.57. The first kappa shape index (κ1) is 20.9. The molecule has 0 atom stereocenters. The lowest BCUT2D eigenvalue weighted by molar-refractivity contribution is -0.914. The summed E-state index contributed by atoms with van der Waals surface area (Å²) in [5.74, 6) is 0.850. The van der Waals surface area contributed by atoms with Crippen molar-refractivity contribution < 1.29 is 27.7 Å². The minimum absolute atomic E-state index is 0.233. The van der Waals surface area contributed by atoms with Crippen LogP contribution in [0.2, 0.25) is 0 Å². The van der Waals surface area contributed by atoms with Crippen LogP contribution in [0, 0.1) is 10.1 Å². The quantitative estimate of drug-likeness (QED) is 0.588. The highest BCUT2D eigenvalue weighted by molar-refractivity contribution is 5.64. The molecule has 2 aromatic carbocycles. The van der Waals surface area contributed by atoms with Gasteiger partial charge in [0.15, 0.2) is 0 Å². The Balaban J connectivity index is 1.70. The van der Waals surface area contributed by atoms with Crippen LogP contribution in [0.15, 0.2) is 42.5 Å². The van der Waals surface area contributed by atoms with Crippen LogP contribution >= 0.6 is 0 Å². The fraction of sp³-hybridized carbons (Fsp3) is 0.400. The molecular weight excluding hydrogens is 387 g/mol. The van der Waals surface area contributed by atoms with Crippen LogP contribution in [0.5, 0.6) is 5.75 Å². The largest absolute Gasteiger partial charge is 0.493 e. The van der Waals surface area contributed by atoms with Crippen molar-refractivity contribution >= 4 is 11.4 Å². The number of ether oxygens (including phenoxy) is 1. The van der Waals surface area contributed by atoms with E-state index in [-0.39, 0.29) is 5.69 Å². The molecule has 1 heterocycles. The highest BCUT2D eigenvalue weighted by Crippen LogP contribution is 2.36. The number of halogens is 3. The van der Waals surface area contributed by atoms with Gasteiger partial charge in [-0.3, -0.25) is 10.1 Å². The third-order valence-electron chi connectivity index (χ3n) is 5.02. The van der Waals surface area contributed by atoms with Crippen molar-refractivity contribution in [2.75, 3.05) is 37.7 Å². The Kier molecular flexibility index (Phi) is 6.26. The minimum Gasteiger partial charge on any atom is -0.493 e. The van der Waals surface area contributed by atoms with Crippen molar-refractivity contribution in [3.63, 3.8) is 0 Å². The number of benzene rings is 2. The summed E-state index contributed by atoms with van der Waals surface area (Å²) in [6.45, 7) is 5.77. The standard InChI is InChI=1S/C20H22F3N3O3/c1-2-29-19-6-4-3-5-15(19)14-24-9-11-25(12-10-24)17-8-7-16(20(21,22)23)13-18(17)26(27)28/h3-8,13H,2,9-12,14H2,1H3/p+1. The van der Waals surface area contributed by atoms with Gasteiger partial charge in [0.2, 0.25) is 0 Å². The van der Waals surface area contributed by atoms with Crippen LogP contribution in [0.3, 0.4) is 0 Å². The summed E-state index contributed by atoms with van der Waals surface area (Å²) >= 11 is 0. The predicted octanol–water partition coefficient (Wildman–Crippen LogP) is 2.92. The molecule has 1 saturated heterocycles. The zero-order valence-corrected chi connectivity index (χ0v) is 16.0. The fourth-order valence-corrected chi connectivity index (χ4v) is 3.57. The summed E-state index contributed by atoms with van der Waals surface area (Å²) in [6.07, 6.45) is -4.61. The summed E-state index contributed by atoms with van der Waals surface area (Å²) in [5.41, 5.74) is -0.190. The maximum Gasteiger partial charge on any atom is 0.416 e. The number of nitrogens with zero attached hydrogens (tertiary/aromatic N) is 2. The van der Waals surface area contributed by atoms with Gasteiger partial charge < -0.3 is 14.5 Å². The van der Waals surface area contributed by atoms with E-state index in [0.717, 1.165) is 37.0 Å². The van der Waals surface area contributed by atoms with Crippen molar-refractivity contribution in [3.05, 3.63) is 63.7 Å². The third kappa shape index (κ3) is 4.97. The topological polar surface area (TPSA) is 60.0 Å². The highest BCUT2D eigenvalue weighted by Gasteiger charge is 2.34. The van der Waals surface area contributed by atoms with Gasteiger partial charge in [-0.25, -0.2) is 0 Å². The van der Waals surface area contributed by atoms with E-state index in [9.17, 15) is 23.3 Å². The van der Waals surface area contributed by atoms with E-state index >= 15 is 0 Å². The monoisotopic (exact) mass is 410 g/mol. The van der Waals surface area contributed by atoms with E-state index in [0.29, 0.717) is 25.8 Å². The molecule has 0 aromatic heterocycles. The van der Waals surface area contributed by atoms with Gasteiger partial charge in [-0.05, 0) is 31.2 Å². The zero-order valence-electron chi connectivity index (χ0n) is 16.0. The average molecular weight is 410 g/mol. The number of anilines is 1. The summed E-state index contributed by atoms with van der Waals surface area (Å²) in [5, 5.41) is 11.3. The number of quaternary nitrogens is 1. The molecule has 1 aliphatic rings. The minimum atomic E-state index is -4.61. The Morgan fingerprint density at radius 3 is 2.48 bits per heavy atom. The van der Waals surface area contributed by atoms with Gasteiger partial charge in [0.25, 0.3) is 5.69 Å². The van der Waals surface area contributed by atoms with E-state index in [1.807, 2.05) is 31.2 Å². The van der Waals surface area contributed by atoms with Crippen LogP contribution in [0.25, 0.3) is 0 Å². The van der Waals surface area contributed by atoms with Crippen molar-refractivity contribution in [1.82, 2.24) is 0 Å². The number of nitro groups is 1. The number of rotatable bonds is 6. The second kappa shape index (κ2) is 8.69. The van der Waals surface area contributed by atoms with E-state index < -0.39 is 22.4 Å². The van der Waals surface area contributed by atoms with E-state index in [1.54, 1.807) is 4.90 Å². The number of hydrogen-bond donors (Lipinski definition) is 1. The second-order valence-electron chi connectivity index (χ2n) is 6.91. The zero-order chi connectivity index (χ0) is 21.0. The van der Waals surface area contributed by atoms with Gasteiger partial charge in [-0.2, -0.15) is 13.2 Å². The van der Waals surface area contributed by atoms with Crippen LogP contribution < -0.4 is 14.5 Å². The van der Waals surface area contributed by atoms with Crippen LogP contribution in [-0.2, 0) is 12.7 Å². The molecule has 0 aliphatic carbocycles. The van der Waals surface area contributed by atoms with Crippen molar-refractivity contribution in [1.29, 1.82) is 0 Å². The van der Waals surface area contributed by atoms with Gasteiger partial charge in [0, 0.05) is 11.6 Å². The molecule has 6 nitrogen and oxygen atoms in total. The Labute approximate surface area is 166 Å². The Morgan fingerprint density at radius 1 is 1.17 bits per heavy atom. The first-order valence-corrected chi connectivity index (χ1v) is 9.44. The Morgan fingerprint density at radius 2 is 1.86 bits per heavy atom. The molecule has 0 saturated carbocycles. The predicted molar refractivity (Wildman–Crippen MR) is 102 cm³/mol. The number of piperazine rings is 1. The number of nitrogens with one attached hydrogen (secondary N) is 1. The summed E-state index contributed by atoms with van der Waals surface area (Å²) < 4.78 is 44.4. The van der Waals surface area contributed by atoms with Gasteiger partial charge >= 0.3 is 6.18 Å². The molecule has 2 aromatic rings. The first-order valence-electron chi connectivity index (χ1n) is 9.44. The average Bonchev–Trinajstić information content (AvgIpc) is 2.69. The molecule has 29 heavy (non-hydrogen) atoms. The Hall–Kier alpha value is -2.81.